The van der Waals surface area contributed by atoms with Crippen LogP contribution in [0.1, 0.15) is 21.3 Å². The molecule has 4 heteroatoms. The number of nitrogens with one attached hydrogen (secondary N) is 1. The normalized spacial score (nSPS) is 9.05. The van der Waals surface area contributed by atoms with Crippen LogP contribution in [0.25, 0.3) is 11.1 Å². The van der Waals surface area contributed by atoms with Crippen LogP contribution in [0.5, 0.6) is 0 Å². The van der Waals surface area contributed by atoms with Gasteiger partial charge in [0.2, 0.25) is 0 Å². The highest BCUT2D eigenvalue weighted by molar-refractivity contribution is 7.98. The van der Waals surface area contributed by atoms with Gasteiger partial charge in [0.15, 0.2) is 0 Å². The molecule has 2 aromatic rings. The first-order valence-electron chi connectivity index (χ1n) is 5.73. The zero-order valence-corrected chi connectivity index (χ0v) is 12.2. The third-order valence-electron chi connectivity index (χ3n) is 2.27. The Kier molecular flexibility index (Phi) is 8.28. The molecule has 2 rings (SSSR count). The van der Waals surface area contributed by atoms with Gasteiger partial charge in [-0.1, -0.05) is 45.0 Å². The molecule has 1 aromatic heterocycles. The molecule has 19 heavy (non-hydrogen) atoms. The quantitative estimate of drug-likeness (QED) is 0.784. The van der Waals surface area contributed by atoms with Crippen LogP contribution in [0.4, 0.5) is 0 Å². The van der Waals surface area contributed by atoms with E-state index in [1.807, 2.05) is 44.4 Å². The van der Waals surface area contributed by atoms with Gasteiger partial charge in [-0.3, -0.25) is 4.79 Å². The van der Waals surface area contributed by atoms with Crippen LogP contribution >= 0.6 is 23.4 Å². The van der Waals surface area contributed by atoms with Crippen molar-refractivity contribution in [1.82, 2.24) is 4.98 Å². The standard InChI is InChI=1S/C12H10ClNOS.C2H6.CH4/c1-16-10-4-2-8(3-5-10)11-6-9(13)7-14-12(11)15;1-2;/h2-7H,1H3,(H,14,15);1-2H3;1H4. The molecule has 1 heterocycles. The van der Waals surface area contributed by atoms with Gasteiger partial charge in [-0.15, -0.1) is 11.8 Å². The summed E-state index contributed by atoms with van der Waals surface area (Å²) in [6.45, 7) is 4.00. The van der Waals surface area contributed by atoms with Crippen LogP contribution in [-0.2, 0) is 0 Å². The summed E-state index contributed by atoms with van der Waals surface area (Å²) in [5.41, 5.74) is 1.35. The van der Waals surface area contributed by atoms with Crippen molar-refractivity contribution in [3.05, 3.63) is 51.9 Å². The van der Waals surface area contributed by atoms with Crippen LogP contribution in [0.15, 0.2) is 46.2 Å². The smallest absolute Gasteiger partial charge is 0.255 e. The molecule has 0 aliphatic rings. The van der Waals surface area contributed by atoms with E-state index in [0.717, 1.165) is 5.56 Å². The average Bonchev–Trinajstić information content (AvgIpc) is 2.44. The number of hydrogen-bond donors (Lipinski definition) is 1. The van der Waals surface area contributed by atoms with E-state index in [-0.39, 0.29) is 13.0 Å². The number of halogens is 1. The summed E-state index contributed by atoms with van der Waals surface area (Å²) in [5, 5.41) is 0.531. The molecular weight excluding hydrogens is 278 g/mol. The SMILES string of the molecule is C.CC.CSc1ccc(-c2cc(Cl)c[nH]c2=O)cc1. The van der Waals surface area contributed by atoms with E-state index in [4.69, 9.17) is 11.6 Å². The Balaban J connectivity index is 0.00000103. The Morgan fingerprint density at radius 1 is 1.16 bits per heavy atom. The first-order valence-corrected chi connectivity index (χ1v) is 7.33. The second-order valence-electron chi connectivity index (χ2n) is 3.29. The Morgan fingerprint density at radius 2 is 1.74 bits per heavy atom. The molecule has 0 spiro atoms. The minimum Gasteiger partial charge on any atom is -0.327 e. The van der Waals surface area contributed by atoms with Crippen molar-refractivity contribution in [2.45, 2.75) is 26.2 Å². The predicted octanol–water partition coefficient (Wildman–Crippen LogP) is 5.08. The highest BCUT2D eigenvalue weighted by atomic mass is 35.5. The highest BCUT2D eigenvalue weighted by Crippen LogP contribution is 2.22. The topological polar surface area (TPSA) is 32.9 Å². The van der Waals surface area contributed by atoms with E-state index in [0.29, 0.717) is 10.6 Å². The fourth-order valence-corrected chi connectivity index (χ4v) is 2.01. The van der Waals surface area contributed by atoms with Crippen molar-refractivity contribution in [3.63, 3.8) is 0 Å². The summed E-state index contributed by atoms with van der Waals surface area (Å²) >= 11 is 7.52. The molecule has 0 bridgehead atoms. The second kappa shape index (κ2) is 8.83. The van der Waals surface area contributed by atoms with Gasteiger partial charge < -0.3 is 4.98 Å². The number of rotatable bonds is 2. The monoisotopic (exact) mass is 297 g/mol. The second-order valence-corrected chi connectivity index (χ2v) is 4.61. The number of aromatic amines is 1. The van der Waals surface area contributed by atoms with E-state index < -0.39 is 0 Å². The summed E-state index contributed by atoms with van der Waals surface area (Å²) in [5.74, 6) is 0. The third kappa shape index (κ3) is 4.77. The maximum atomic E-state index is 11.6. The number of pyridine rings is 1. The Labute approximate surface area is 124 Å². The molecule has 0 atom stereocenters. The van der Waals surface area contributed by atoms with Crippen molar-refractivity contribution in [3.8, 4) is 11.1 Å². The lowest BCUT2D eigenvalue weighted by atomic mass is 10.1. The first kappa shape index (κ1) is 17.8. The van der Waals surface area contributed by atoms with Gasteiger partial charge in [0.25, 0.3) is 5.56 Å². The molecule has 0 amide bonds. The molecule has 0 saturated carbocycles. The Morgan fingerprint density at radius 3 is 2.26 bits per heavy atom. The number of aromatic nitrogens is 1. The zero-order valence-electron chi connectivity index (χ0n) is 10.7. The Hall–Kier alpha value is -1.19. The van der Waals surface area contributed by atoms with Crippen molar-refractivity contribution in [2.75, 3.05) is 6.26 Å². The zero-order chi connectivity index (χ0) is 13.5. The van der Waals surface area contributed by atoms with Crippen LogP contribution < -0.4 is 5.56 Å². The molecule has 0 aliphatic carbocycles. The summed E-state index contributed by atoms with van der Waals surface area (Å²) in [7, 11) is 0. The van der Waals surface area contributed by atoms with Crippen LogP contribution in [0.3, 0.4) is 0 Å². The lowest BCUT2D eigenvalue weighted by Gasteiger charge is -2.02. The molecule has 1 N–H and O–H groups in total. The van der Waals surface area contributed by atoms with Gasteiger partial charge in [0.1, 0.15) is 0 Å². The maximum absolute atomic E-state index is 11.6. The fraction of sp³-hybridized carbons (Fsp3) is 0.267. The van der Waals surface area contributed by atoms with Crippen LogP contribution in [-0.4, -0.2) is 11.2 Å². The predicted molar refractivity (Wildman–Crippen MR) is 87.4 cm³/mol. The summed E-state index contributed by atoms with van der Waals surface area (Å²) in [6.07, 6.45) is 3.50. The molecule has 0 fully saturated rings. The Bertz CT molecular complexity index is 549. The van der Waals surface area contributed by atoms with E-state index in [1.54, 1.807) is 17.8 Å². The number of benzene rings is 1. The molecule has 1 aromatic carbocycles. The van der Waals surface area contributed by atoms with Crippen molar-refractivity contribution in [1.29, 1.82) is 0 Å². The van der Waals surface area contributed by atoms with Crippen molar-refractivity contribution >= 4 is 23.4 Å². The van der Waals surface area contributed by atoms with E-state index >= 15 is 0 Å². The number of thioether (sulfide) groups is 1. The highest BCUT2D eigenvalue weighted by Gasteiger charge is 2.03. The van der Waals surface area contributed by atoms with Gasteiger partial charge in [0.05, 0.1) is 5.02 Å². The molecule has 2 nitrogen and oxygen atoms in total. The van der Waals surface area contributed by atoms with Gasteiger partial charge in [-0.25, -0.2) is 0 Å². The largest absolute Gasteiger partial charge is 0.327 e. The van der Waals surface area contributed by atoms with E-state index in [9.17, 15) is 4.79 Å². The third-order valence-corrected chi connectivity index (χ3v) is 3.23. The minimum atomic E-state index is -0.124. The van der Waals surface area contributed by atoms with Gasteiger partial charge in [-0.2, -0.15) is 0 Å². The number of H-pyrrole nitrogens is 1. The maximum Gasteiger partial charge on any atom is 0.255 e. The summed E-state index contributed by atoms with van der Waals surface area (Å²) < 4.78 is 0. The van der Waals surface area contributed by atoms with Crippen LogP contribution in [0.2, 0.25) is 5.02 Å². The van der Waals surface area contributed by atoms with E-state index in [1.165, 1.54) is 11.1 Å². The summed E-state index contributed by atoms with van der Waals surface area (Å²) in [6, 6.07) is 9.49. The average molecular weight is 298 g/mol. The molecule has 0 aliphatic heterocycles. The molecule has 104 valence electrons. The molecule has 0 radical (unpaired) electrons. The van der Waals surface area contributed by atoms with Gasteiger partial charge >= 0.3 is 0 Å². The van der Waals surface area contributed by atoms with Crippen LogP contribution in [0, 0.1) is 0 Å². The summed E-state index contributed by atoms with van der Waals surface area (Å²) in [4.78, 5) is 15.4. The molecule has 0 saturated heterocycles. The molecule has 0 unspecified atom stereocenters. The first-order chi connectivity index (χ1) is 8.70. The molecular formula is C15H20ClNOS. The lowest BCUT2D eigenvalue weighted by molar-refractivity contribution is 1.24. The number of hydrogen-bond acceptors (Lipinski definition) is 2. The minimum absolute atomic E-state index is 0. The van der Waals surface area contributed by atoms with Crippen molar-refractivity contribution < 1.29 is 0 Å². The lowest BCUT2D eigenvalue weighted by Crippen LogP contribution is -2.07. The van der Waals surface area contributed by atoms with Crippen molar-refractivity contribution in [2.24, 2.45) is 0 Å². The fourth-order valence-electron chi connectivity index (χ4n) is 1.44. The van der Waals surface area contributed by atoms with E-state index in [2.05, 4.69) is 4.98 Å². The van der Waals surface area contributed by atoms with Gasteiger partial charge in [-0.05, 0) is 30.0 Å². The van der Waals surface area contributed by atoms with Gasteiger partial charge in [0, 0.05) is 16.7 Å².